The smallest absolute Gasteiger partial charge is 0.195 e. The highest BCUT2D eigenvalue weighted by atomic mass is 16.6. The van der Waals surface area contributed by atoms with Gasteiger partial charge in [0.05, 0.1) is 0 Å². The highest BCUT2D eigenvalue weighted by molar-refractivity contribution is 5.39. The summed E-state index contributed by atoms with van der Waals surface area (Å²) in [4.78, 5) is 2.48. The van der Waals surface area contributed by atoms with Crippen LogP contribution in [0.15, 0.2) is 4.63 Å². The first kappa shape index (κ1) is 8.23. The molecule has 0 amide bonds. The van der Waals surface area contributed by atoms with E-state index >= 15 is 0 Å². The van der Waals surface area contributed by atoms with Crippen molar-refractivity contribution in [1.29, 1.82) is 0 Å². The third kappa shape index (κ3) is 1.28. The molecule has 1 unspecified atom stereocenters. The molecule has 3 rings (SSSR count). The molecule has 76 valence electrons. The number of rotatable bonds is 0. The molecule has 0 aliphatic carbocycles. The van der Waals surface area contributed by atoms with Crippen LogP contribution in [-0.4, -0.2) is 34.3 Å². The lowest BCUT2D eigenvalue weighted by atomic mass is 10.0. The predicted octanol–water partition coefficient (Wildman–Crippen LogP) is 0.850. The zero-order valence-electron chi connectivity index (χ0n) is 8.07. The first-order chi connectivity index (χ1) is 6.93. The predicted molar refractivity (Wildman–Crippen MR) is 50.8 cm³/mol. The summed E-state index contributed by atoms with van der Waals surface area (Å²) < 4.78 is 4.71. The standard InChI is InChI=1S/C9H14N4O/c1-2-4-13-6-8-9(12-14-11-8)10-5-7(13)3-1/h7H,1-6H2,(H,10,12). The van der Waals surface area contributed by atoms with Crippen LogP contribution in [0.2, 0.25) is 0 Å². The van der Waals surface area contributed by atoms with E-state index in [2.05, 4.69) is 20.5 Å². The Kier molecular flexibility index (Phi) is 1.90. The Morgan fingerprint density at radius 3 is 3.36 bits per heavy atom. The summed E-state index contributed by atoms with van der Waals surface area (Å²) in [5.41, 5.74) is 0.953. The van der Waals surface area contributed by atoms with E-state index in [1.165, 1.54) is 25.8 Å². The van der Waals surface area contributed by atoms with Crippen molar-refractivity contribution in [1.82, 2.24) is 15.2 Å². The number of aromatic nitrogens is 2. The molecule has 0 aromatic carbocycles. The van der Waals surface area contributed by atoms with Gasteiger partial charge in [0.2, 0.25) is 0 Å². The van der Waals surface area contributed by atoms with Crippen LogP contribution in [0.5, 0.6) is 0 Å². The largest absolute Gasteiger partial charge is 0.364 e. The maximum atomic E-state index is 4.71. The van der Waals surface area contributed by atoms with Gasteiger partial charge in [0.25, 0.3) is 0 Å². The van der Waals surface area contributed by atoms with E-state index in [-0.39, 0.29) is 0 Å². The summed E-state index contributed by atoms with van der Waals surface area (Å²) in [6, 6.07) is 0.653. The molecule has 0 spiro atoms. The maximum Gasteiger partial charge on any atom is 0.195 e. The monoisotopic (exact) mass is 194 g/mol. The second-order valence-corrected chi connectivity index (χ2v) is 4.06. The fourth-order valence-corrected chi connectivity index (χ4v) is 2.35. The molecule has 1 fully saturated rings. The molecule has 0 radical (unpaired) electrons. The van der Waals surface area contributed by atoms with Crippen molar-refractivity contribution < 1.29 is 4.63 Å². The van der Waals surface area contributed by atoms with E-state index < -0.39 is 0 Å². The fraction of sp³-hybridized carbons (Fsp3) is 0.778. The first-order valence-electron chi connectivity index (χ1n) is 5.23. The molecule has 1 aromatic heterocycles. The van der Waals surface area contributed by atoms with Gasteiger partial charge in [-0.25, -0.2) is 4.63 Å². The van der Waals surface area contributed by atoms with E-state index in [0.717, 1.165) is 24.6 Å². The van der Waals surface area contributed by atoms with Gasteiger partial charge in [0.15, 0.2) is 5.82 Å². The van der Waals surface area contributed by atoms with Gasteiger partial charge in [0.1, 0.15) is 5.69 Å². The highest BCUT2D eigenvalue weighted by Crippen LogP contribution is 2.24. The minimum Gasteiger partial charge on any atom is -0.364 e. The number of piperidine rings is 1. The van der Waals surface area contributed by atoms with Gasteiger partial charge in [-0.1, -0.05) is 11.6 Å². The van der Waals surface area contributed by atoms with Crippen molar-refractivity contribution in [3.63, 3.8) is 0 Å². The lowest BCUT2D eigenvalue weighted by Gasteiger charge is -2.33. The summed E-state index contributed by atoms with van der Waals surface area (Å²) >= 11 is 0. The second-order valence-electron chi connectivity index (χ2n) is 4.06. The lowest BCUT2D eigenvalue weighted by Crippen LogP contribution is -2.41. The molecule has 1 N–H and O–H groups in total. The Morgan fingerprint density at radius 2 is 2.36 bits per heavy atom. The van der Waals surface area contributed by atoms with Crippen molar-refractivity contribution >= 4 is 5.82 Å². The van der Waals surface area contributed by atoms with Crippen molar-refractivity contribution in [2.75, 3.05) is 18.4 Å². The van der Waals surface area contributed by atoms with E-state index in [4.69, 9.17) is 4.63 Å². The van der Waals surface area contributed by atoms with Crippen LogP contribution in [0.4, 0.5) is 5.82 Å². The summed E-state index contributed by atoms with van der Waals surface area (Å²) in [5.74, 6) is 0.833. The third-order valence-electron chi connectivity index (χ3n) is 3.16. The Morgan fingerprint density at radius 1 is 1.36 bits per heavy atom. The summed E-state index contributed by atoms with van der Waals surface area (Å²) in [6.07, 6.45) is 3.93. The molecular weight excluding hydrogens is 180 g/mol. The summed E-state index contributed by atoms with van der Waals surface area (Å²) in [7, 11) is 0. The number of nitrogens with zero attached hydrogens (tertiary/aromatic N) is 3. The molecule has 2 aliphatic heterocycles. The Balaban J connectivity index is 1.85. The quantitative estimate of drug-likeness (QED) is 0.663. The lowest BCUT2D eigenvalue weighted by molar-refractivity contribution is 0.146. The second kappa shape index (κ2) is 3.24. The van der Waals surface area contributed by atoms with Crippen LogP contribution >= 0.6 is 0 Å². The van der Waals surface area contributed by atoms with Crippen LogP contribution < -0.4 is 5.32 Å². The number of hydrogen-bond acceptors (Lipinski definition) is 5. The van der Waals surface area contributed by atoms with Crippen LogP contribution in [0, 0.1) is 0 Å². The van der Waals surface area contributed by atoms with Gasteiger partial charge >= 0.3 is 0 Å². The van der Waals surface area contributed by atoms with Gasteiger partial charge in [-0.15, -0.1) is 0 Å². The minimum atomic E-state index is 0.653. The zero-order chi connectivity index (χ0) is 9.38. The highest BCUT2D eigenvalue weighted by Gasteiger charge is 2.28. The van der Waals surface area contributed by atoms with Crippen LogP contribution in [0.3, 0.4) is 0 Å². The van der Waals surface area contributed by atoms with Crippen molar-refractivity contribution in [2.45, 2.75) is 31.8 Å². The van der Waals surface area contributed by atoms with E-state index in [1.807, 2.05) is 0 Å². The molecule has 0 bridgehead atoms. The topological polar surface area (TPSA) is 54.2 Å². The van der Waals surface area contributed by atoms with Crippen molar-refractivity contribution in [2.24, 2.45) is 0 Å². The molecule has 5 nitrogen and oxygen atoms in total. The first-order valence-corrected chi connectivity index (χ1v) is 5.23. The number of anilines is 1. The molecule has 1 saturated heterocycles. The molecular formula is C9H14N4O. The van der Waals surface area contributed by atoms with Crippen LogP contribution in [-0.2, 0) is 6.54 Å². The van der Waals surface area contributed by atoms with E-state index in [9.17, 15) is 0 Å². The van der Waals surface area contributed by atoms with Gasteiger partial charge in [-0.2, -0.15) is 0 Å². The van der Waals surface area contributed by atoms with Crippen LogP contribution in [0.25, 0.3) is 0 Å². The fourth-order valence-electron chi connectivity index (χ4n) is 2.35. The molecule has 0 saturated carbocycles. The Hall–Kier alpha value is -1.10. The molecule has 3 heterocycles. The average Bonchev–Trinajstić information content (AvgIpc) is 2.58. The molecule has 1 aromatic rings. The summed E-state index contributed by atoms with van der Waals surface area (Å²) in [5, 5.41) is 11.1. The third-order valence-corrected chi connectivity index (χ3v) is 3.16. The van der Waals surface area contributed by atoms with Gasteiger partial charge < -0.3 is 5.32 Å². The molecule has 2 aliphatic rings. The van der Waals surface area contributed by atoms with Gasteiger partial charge in [-0.3, -0.25) is 4.90 Å². The maximum absolute atomic E-state index is 4.71. The van der Waals surface area contributed by atoms with Crippen molar-refractivity contribution in [3.05, 3.63) is 5.69 Å². The number of nitrogens with one attached hydrogen (secondary N) is 1. The van der Waals surface area contributed by atoms with Gasteiger partial charge in [0, 0.05) is 19.1 Å². The van der Waals surface area contributed by atoms with Gasteiger partial charge in [-0.05, 0) is 24.5 Å². The van der Waals surface area contributed by atoms with E-state index in [0.29, 0.717) is 6.04 Å². The average molecular weight is 194 g/mol. The number of fused-ring (bicyclic) bond motifs is 2. The Bertz CT molecular complexity index is 324. The minimum absolute atomic E-state index is 0.653. The zero-order valence-corrected chi connectivity index (χ0v) is 8.07. The SMILES string of the molecule is C1CCN2Cc3nonc3NCC2C1. The van der Waals surface area contributed by atoms with E-state index in [1.54, 1.807) is 0 Å². The Labute approximate surface area is 82.4 Å². The number of hydrogen-bond donors (Lipinski definition) is 1. The summed E-state index contributed by atoms with van der Waals surface area (Å²) in [6.45, 7) is 3.04. The molecule has 5 heteroatoms. The normalized spacial score (nSPS) is 27.3. The molecule has 1 atom stereocenters. The molecule has 14 heavy (non-hydrogen) atoms. The van der Waals surface area contributed by atoms with Crippen LogP contribution in [0.1, 0.15) is 25.0 Å². The van der Waals surface area contributed by atoms with Crippen molar-refractivity contribution in [3.8, 4) is 0 Å².